The van der Waals surface area contributed by atoms with Crippen molar-refractivity contribution in [3.8, 4) is 0 Å². The predicted octanol–water partition coefficient (Wildman–Crippen LogP) is 2.26. The number of benzene rings is 1. The average molecular weight is 333 g/mol. The van der Waals surface area contributed by atoms with Crippen LogP contribution in [0.5, 0.6) is 0 Å². The van der Waals surface area contributed by atoms with E-state index in [1.807, 2.05) is 38.2 Å². The molecule has 0 saturated heterocycles. The molecule has 2 rings (SSSR count). The monoisotopic (exact) mass is 333 g/mol. The normalized spacial score (nSPS) is 14.0. The predicted molar refractivity (Wildman–Crippen MR) is 92.9 cm³/mol. The molecule has 0 fully saturated rings. The van der Waals surface area contributed by atoms with Gasteiger partial charge in [-0.25, -0.2) is 4.98 Å². The van der Waals surface area contributed by atoms with Crippen LogP contribution in [0.1, 0.15) is 37.0 Å². The van der Waals surface area contributed by atoms with Gasteiger partial charge in [-0.3, -0.25) is 13.9 Å². The van der Waals surface area contributed by atoms with E-state index in [-0.39, 0.29) is 11.6 Å². The molecule has 0 spiro atoms. The third-order valence-corrected chi connectivity index (χ3v) is 4.90. The van der Waals surface area contributed by atoms with Crippen LogP contribution in [0.25, 0.3) is 0 Å². The van der Waals surface area contributed by atoms with Crippen LogP contribution in [0.2, 0.25) is 0 Å². The molecule has 1 aromatic heterocycles. The lowest BCUT2D eigenvalue weighted by Crippen LogP contribution is -2.25. The fourth-order valence-electron chi connectivity index (χ4n) is 2.38. The van der Waals surface area contributed by atoms with Crippen molar-refractivity contribution in [2.75, 3.05) is 13.3 Å². The number of hydrogen-bond acceptors (Lipinski definition) is 4. The standard InChI is InChI=1S/C17H23N3O2S/c1-5-14-10-17(21)19-16(18-14)11-20(3)12(2)13-6-8-15(9-7-13)23(4)22/h6-10,12H,5,11H2,1-4H3,(H,18,19,21). The molecule has 0 bridgehead atoms. The highest BCUT2D eigenvalue weighted by Crippen LogP contribution is 2.21. The zero-order chi connectivity index (χ0) is 17.0. The van der Waals surface area contributed by atoms with Crippen LogP contribution in [0.15, 0.2) is 40.0 Å². The minimum Gasteiger partial charge on any atom is -0.309 e. The lowest BCUT2D eigenvalue weighted by Gasteiger charge is -2.24. The second-order valence-corrected chi connectivity index (χ2v) is 7.03. The molecule has 2 unspecified atom stereocenters. The molecular formula is C17H23N3O2S. The van der Waals surface area contributed by atoms with Crippen molar-refractivity contribution in [1.82, 2.24) is 14.9 Å². The molecule has 23 heavy (non-hydrogen) atoms. The minimum absolute atomic E-state index is 0.109. The Hall–Kier alpha value is -1.79. The van der Waals surface area contributed by atoms with Gasteiger partial charge in [0.1, 0.15) is 5.82 Å². The Balaban J connectivity index is 2.13. The largest absolute Gasteiger partial charge is 0.309 e. The van der Waals surface area contributed by atoms with Crippen molar-refractivity contribution in [2.24, 2.45) is 0 Å². The fraction of sp³-hybridized carbons (Fsp3) is 0.412. The Morgan fingerprint density at radius 3 is 2.52 bits per heavy atom. The summed E-state index contributed by atoms with van der Waals surface area (Å²) in [5.41, 5.74) is 1.83. The van der Waals surface area contributed by atoms with Crippen LogP contribution in [-0.2, 0) is 23.8 Å². The van der Waals surface area contributed by atoms with Crippen LogP contribution in [-0.4, -0.2) is 32.4 Å². The lowest BCUT2D eigenvalue weighted by molar-refractivity contribution is 0.246. The van der Waals surface area contributed by atoms with E-state index >= 15 is 0 Å². The number of nitrogens with zero attached hydrogens (tertiary/aromatic N) is 2. The van der Waals surface area contributed by atoms with Gasteiger partial charge in [-0.15, -0.1) is 0 Å². The first-order valence-corrected chi connectivity index (χ1v) is 9.19. The molecule has 0 radical (unpaired) electrons. The van der Waals surface area contributed by atoms with E-state index < -0.39 is 10.8 Å². The number of aromatic nitrogens is 2. The number of aromatic amines is 1. The number of hydrogen-bond donors (Lipinski definition) is 1. The van der Waals surface area contributed by atoms with Gasteiger partial charge in [0.25, 0.3) is 5.56 Å². The Labute approximate surface area is 139 Å². The SMILES string of the molecule is CCc1cc(=O)[nH]c(CN(C)C(C)c2ccc(S(C)=O)cc2)n1. The molecule has 6 heteroatoms. The molecule has 0 aliphatic carbocycles. The molecule has 124 valence electrons. The average Bonchev–Trinajstić information content (AvgIpc) is 2.53. The van der Waals surface area contributed by atoms with Crippen molar-refractivity contribution >= 4 is 10.8 Å². The third-order valence-electron chi connectivity index (χ3n) is 3.96. The number of rotatable bonds is 6. The van der Waals surface area contributed by atoms with Gasteiger partial charge in [-0.1, -0.05) is 19.1 Å². The summed E-state index contributed by atoms with van der Waals surface area (Å²) >= 11 is 0. The molecule has 0 aliphatic rings. The fourth-order valence-corrected chi connectivity index (χ4v) is 2.90. The van der Waals surface area contributed by atoms with E-state index in [0.29, 0.717) is 12.4 Å². The minimum atomic E-state index is -0.962. The highest BCUT2D eigenvalue weighted by molar-refractivity contribution is 7.84. The highest BCUT2D eigenvalue weighted by Gasteiger charge is 2.14. The van der Waals surface area contributed by atoms with E-state index in [2.05, 4.69) is 21.8 Å². The molecule has 0 amide bonds. The lowest BCUT2D eigenvalue weighted by atomic mass is 10.1. The maximum atomic E-state index is 11.6. The van der Waals surface area contributed by atoms with E-state index in [1.165, 1.54) is 6.07 Å². The van der Waals surface area contributed by atoms with Gasteiger partial charge >= 0.3 is 0 Å². The summed E-state index contributed by atoms with van der Waals surface area (Å²) < 4.78 is 11.5. The van der Waals surface area contributed by atoms with Crippen LogP contribution in [0.4, 0.5) is 0 Å². The summed E-state index contributed by atoms with van der Waals surface area (Å²) in [6.45, 7) is 4.64. The van der Waals surface area contributed by atoms with E-state index in [4.69, 9.17) is 0 Å². The zero-order valence-corrected chi connectivity index (χ0v) is 14.8. The van der Waals surface area contributed by atoms with Crippen molar-refractivity contribution in [1.29, 1.82) is 0 Å². The molecule has 1 heterocycles. The van der Waals surface area contributed by atoms with Crippen molar-refractivity contribution in [3.05, 3.63) is 57.8 Å². The smallest absolute Gasteiger partial charge is 0.251 e. The van der Waals surface area contributed by atoms with Crippen molar-refractivity contribution in [2.45, 2.75) is 37.8 Å². The van der Waals surface area contributed by atoms with Gasteiger partial charge < -0.3 is 4.98 Å². The second kappa shape index (κ2) is 7.66. The van der Waals surface area contributed by atoms with Crippen molar-refractivity contribution < 1.29 is 4.21 Å². The van der Waals surface area contributed by atoms with Gasteiger partial charge in [0.15, 0.2) is 0 Å². The number of nitrogens with one attached hydrogen (secondary N) is 1. The Kier molecular flexibility index (Phi) is 5.85. The summed E-state index contributed by atoms with van der Waals surface area (Å²) in [6.07, 6.45) is 2.42. The van der Waals surface area contributed by atoms with Gasteiger partial charge in [0, 0.05) is 39.8 Å². The molecule has 0 aliphatic heterocycles. The highest BCUT2D eigenvalue weighted by atomic mass is 32.2. The van der Waals surface area contributed by atoms with Crippen LogP contribution < -0.4 is 5.56 Å². The maximum Gasteiger partial charge on any atom is 0.251 e. The third kappa shape index (κ3) is 4.59. The van der Waals surface area contributed by atoms with Gasteiger partial charge in [0.2, 0.25) is 0 Å². The quantitative estimate of drug-likeness (QED) is 0.880. The second-order valence-electron chi connectivity index (χ2n) is 5.65. The first-order chi connectivity index (χ1) is 10.9. The maximum absolute atomic E-state index is 11.6. The summed E-state index contributed by atoms with van der Waals surface area (Å²) in [5.74, 6) is 0.676. The first kappa shape index (κ1) is 17.6. The van der Waals surface area contributed by atoms with Crippen LogP contribution in [0.3, 0.4) is 0 Å². The van der Waals surface area contributed by atoms with Gasteiger partial charge in [-0.05, 0) is 38.1 Å². The van der Waals surface area contributed by atoms with E-state index in [1.54, 1.807) is 6.26 Å². The van der Waals surface area contributed by atoms with Gasteiger partial charge in [-0.2, -0.15) is 0 Å². The van der Waals surface area contributed by atoms with Crippen LogP contribution in [0, 0.1) is 0 Å². The summed E-state index contributed by atoms with van der Waals surface area (Å²) in [6, 6.07) is 9.48. The van der Waals surface area contributed by atoms with Crippen molar-refractivity contribution in [3.63, 3.8) is 0 Å². The number of aryl methyl sites for hydroxylation is 1. The Morgan fingerprint density at radius 1 is 1.30 bits per heavy atom. The molecule has 2 aromatic rings. The molecule has 2 atom stereocenters. The molecular weight excluding hydrogens is 310 g/mol. The summed E-state index contributed by atoms with van der Waals surface area (Å²) in [4.78, 5) is 21.9. The molecule has 0 saturated carbocycles. The first-order valence-electron chi connectivity index (χ1n) is 7.63. The summed E-state index contributed by atoms with van der Waals surface area (Å²) in [5, 5.41) is 0. The Morgan fingerprint density at radius 2 is 1.96 bits per heavy atom. The molecule has 1 N–H and O–H groups in total. The number of H-pyrrole nitrogens is 1. The molecule has 5 nitrogen and oxygen atoms in total. The topological polar surface area (TPSA) is 66.1 Å². The van der Waals surface area contributed by atoms with E-state index in [0.717, 1.165) is 22.6 Å². The Bertz CT molecular complexity index is 740. The van der Waals surface area contributed by atoms with Gasteiger partial charge in [0.05, 0.1) is 6.54 Å². The van der Waals surface area contributed by atoms with E-state index in [9.17, 15) is 9.00 Å². The zero-order valence-electron chi connectivity index (χ0n) is 14.0. The summed E-state index contributed by atoms with van der Waals surface area (Å²) in [7, 11) is 1.03. The van der Waals surface area contributed by atoms with Crippen LogP contribution >= 0.6 is 0 Å². The molecule has 1 aromatic carbocycles.